The monoisotopic (exact) mass is 431 g/mol. The van der Waals surface area contributed by atoms with Gasteiger partial charge >= 0.3 is 5.97 Å². The van der Waals surface area contributed by atoms with Crippen molar-refractivity contribution in [3.63, 3.8) is 0 Å². The summed E-state index contributed by atoms with van der Waals surface area (Å²) < 4.78 is 10.3. The molecule has 29 heavy (non-hydrogen) atoms. The zero-order valence-electron chi connectivity index (χ0n) is 15.8. The zero-order chi connectivity index (χ0) is 21.0. The van der Waals surface area contributed by atoms with E-state index in [1.807, 2.05) is 12.1 Å². The fraction of sp³-hybridized carbons (Fsp3) is 0.190. The average molecular weight is 432 g/mol. The Bertz CT molecular complexity index is 956. The fourth-order valence-corrected chi connectivity index (χ4v) is 3.68. The summed E-state index contributed by atoms with van der Waals surface area (Å²) in [4.78, 5) is 37.5. The topological polar surface area (TPSA) is 72.9 Å². The molecule has 150 valence electrons. The number of amides is 2. The first kappa shape index (κ1) is 21.0. The van der Waals surface area contributed by atoms with Crippen LogP contribution >= 0.6 is 23.4 Å². The van der Waals surface area contributed by atoms with Crippen molar-refractivity contribution in [2.45, 2.75) is 19.6 Å². The number of carbonyl (C=O) groups is 3. The molecule has 3 rings (SSSR count). The largest absolute Gasteiger partial charge is 0.489 e. The van der Waals surface area contributed by atoms with Crippen molar-refractivity contribution in [3.8, 4) is 5.75 Å². The first-order valence-electron chi connectivity index (χ1n) is 8.71. The molecule has 1 fully saturated rings. The molecule has 1 heterocycles. The van der Waals surface area contributed by atoms with Gasteiger partial charge in [0.1, 0.15) is 18.4 Å². The third-order valence-corrected chi connectivity index (χ3v) is 5.39. The van der Waals surface area contributed by atoms with Gasteiger partial charge in [0.2, 0.25) is 0 Å². The van der Waals surface area contributed by atoms with E-state index < -0.39 is 23.2 Å². The molecular formula is C21H18ClNO5S. The summed E-state index contributed by atoms with van der Waals surface area (Å²) in [5, 5.41) is 0.172. The van der Waals surface area contributed by atoms with Crippen molar-refractivity contribution >= 4 is 46.6 Å². The highest BCUT2D eigenvalue weighted by molar-refractivity contribution is 8.18. The maximum Gasteiger partial charge on any atom is 0.328 e. The Morgan fingerprint density at radius 3 is 2.41 bits per heavy atom. The maximum absolute atomic E-state index is 12.5. The van der Waals surface area contributed by atoms with Crippen molar-refractivity contribution in [2.75, 3.05) is 7.11 Å². The molecule has 0 spiro atoms. The lowest BCUT2D eigenvalue weighted by Gasteiger charge is -2.18. The summed E-state index contributed by atoms with van der Waals surface area (Å²) in [7, 11) is 1.21. The van der Waals surface area contributed by atoms with Crippen LogP contribution in [0.25, 0.3) is 6.08 Å². The molecule has 1 atom stereocenters. The minimum Gasteiger partial charge on any atom is -0.489 e. The predicted octanol–water partition coefficient (Wildman–Crippen LogP) is 4.52. The Morgan fingerprint density at radius 2 is 1.79 bits per heavy atom. The lowest BCUT2D eigenvalue weighted by atomic mass is 10.2. The standard InChI is InChI=1S/C21H18ClNO5S/c1-13(20(25)27-2)23-19(24)18(29-21(23)26)11-14-5-9-17(10-6-14)28-12-15-3-7-16(22)8-4-15/h3-11,13H,12H2,1-2H3/b18-11+. The van der Waals surface area contributed by atoms with Crippen molar-refractivity contribution in [2.24, 2.45) is 0 Å². The van der Waals surface area contributed by atoms with Gasteiger partial charge in [0.05, 0.1) is 12.0 Å². The second-order valence-corrected chi connectivity index (χ2v) is 7.66. The number of imide groups is 1. The Balaban J connectivity index is 1.66. The summed E-state index contributed by atoms with van der Waals surface area (Å²) in [5.74, 6) is -0.485. The molecule has 0 N–H and O–H groups in total. The minimum atomic E-state index is -0.970. The predicted molar refractivity (Wildman–Crippen MR) is 112 cm³/mol. The number of rotatable bonds is 6. The van der Waals surface area contributed by atoms with Crippen molar-refractivity contribution in [1.82, 2.24) is 4.90 Å². The molecule has 1 aliphatic rings. The van der Waals surface area contributed by atoms with E-state index in [9.17, 15) is 14.4 Å². The van der Waals surface area contributed by atoms with E-state index in [1.54, 1.807) is 42.5 Å². The molecule has 1 aliphatic heterocycles. The summed E-state index contributed by atoms with van der Waals surface area (Å²) in [6, 6.07) is 13.6. The van der Waals surface area contributed by atoms with Crippen LogP contribution in [-0.4, -0.2) is 35.2 Å². The van der Waals surface area contributed by atoms with Gasteiger partial charge in [-0.15, -0.1) is 0 Å². The fourth-order valence-electron chi connectivity index (χ4n) is 2.65. The van der Waals surface area contributed by atoms with E-state index in [1.165, 1.54) is 14.0 Å². The van der Waals surface area contributed by atoms with Crippen LogP contribution in [0.2, 0.25) is 5.02 Å². The van der Waals surface area contributed by atoms with E-state index in [4.69, 9.17) is 16.3 Å². The van der Waals surface area contributed by atoms with Crippen LogP contribution in [0, 0.1) is 0 Å². The van der Waals surface area contributed by atoms with Crippen LogP contribution in [0.5, 0.6) is 5.75 Å². The first-order chi connectivity index (χ1) is 13.9. The third kappa shape index (κ3) is 4.99. The highest BCUT2D eigenvalue weighted by Gasteiger charge is 2.41. The number of methoxy groups -OCH3 is 1. The Labute approximate surface area is 177 Å². The van der Waals surface area contributed by atoms with Crippen LogP contribution in [0.3, 0.4) is 0 Å². The number of benzene rings is 2. The maximum atomic E-state index is 12.5. The Morgan fingerprint density at radius 1 is 1.14 bits per heavy atom. The first-order valence-corrected chi connectivity index (χ1v) is 9.90. The SMILES string of the molecule is COC(=O)C(C)N1C(=O)S/C(=C/c2ccc(OCc3ccc(Cl)cc3)cc2)C1=O. The van der Waals surface area contributed by atoms with Crippen LogP contribution < -0.4 is 4.74 Å². The number of nitrogens with zero attached hydrogens (tertiary/aromatic N) is 1. The van der Waals surface area contributed by atoms with Crippen LogP contribution in [0.1, 0.15) is 18.1 Å². The molecular weight excluding hydrogens is 414 g/mol. The van der Waals surface area contributed by atoms with Gasteiger partial charge in [-0.05, 0) is 60.2 Å². The lowest BCUT2D eigenvalue weighted by molar-refractivity contribution is -0.148. The number of thioether (sulfide) groups is 1. The molecule has 1 saturated heterocycles. The lowest BCUT2D eigenvalue weighted by Crippen LogP contribution is -2.42. The number of esters is 1. The van der Waals surface area contributed by atoms with E-state index in [0.717, 1.165) is 27.8 Å². The van der Waals surface area contributed by atoms with Crippen molar-refractivity contribution in [1.29, 1.82) is 0 Å². The highest BCUT2D eigenvalue weighted by atomic mass is 35.5. The van der Waals surface area contributed by atoms with Gasteiger partial charge in [0.15, 0.2) is 0 Å². The molecule has 0 radical (unpaired) electrons. The van der Waals surface area contributed by atoms with Gasteiger partial charge in [-0.25, -0.2) is 4.79 Å². The minimum absolute atomic E-state index is 0.251. The molecule has 0 aliphatic carbocycles. The quantitative estimate of drug-likeness (QED) is 0.494. The zero-order valence-corrected chi connectivity index (χ0v) is 17.3. The normalized spacial score (nSPS) is 16.2. The van der Waals surface area contributed by atoms with Gasteiger partial charge in [-0.1, -0.05) is 35.9 Å². The smallest absolute Gasteiger partial charge is 0.328 e. The van der Waals surface area contributed by atoms with Gasteiger partial charge in [0.25, 0.3) is 11.1 Å². The van der Waals surface area contributed by atoms with Crippen LogP contribution in [0.4, 0.5) is 4.79 Å². The van der Waals surface area contributed by atoms with Gasteiger partial charge in [-0.3, -0.25) is 14.5 Å². The van der Waals surface area contributed by atoms with Crippen LogP contribution in [-0.2, 0) is 20.9 Å². The summed E-state index contributed by atoms with van der Waals surface area (Å²) in [6.45, 7) is 1.86. The Hall–Kier alpha value is -2.77. The van der Waals surface area contributed by atoms with E-state index in [-0.39, 0.29) is 4.91 Å². The molecule has 8 heteroatoms. The highest BCUT2D eigenvalue weighted by Crippen LogP contribution is 2.34. The molecule has 2 amide bonds. The number of hydrogen-bond donors (Lipinski definition) is 0. The molecule has 0 bridgehead atoms. The van der Waals surface area contributed by atoms with Gasteiger partial charge < -0.3 is 9.47 Å². The van der Waals surface area contributed by atoms with E-state index >= 15 is 0 Å². The molecule has 0 aromatic heterocycles. The van der Waals surface area contributed by atoms with Crippen molar-refractivity contribution in [3.05, 3.63) is 69.6 Å². The Kier molecular flexibility index (Phi) is 6.61. The van der Waals surface area contributed by atoms with E-state index in [2.05, 4.69) is 4.74 Å². The molecule has 2 aromatic carbocycles. The second-order valence-electron chi connectivity index (χ2n) is 6.24. The number of halogens is 1. The van der Waals surface area contributed by atoms with Gasteiger partial charge in [-0.2, -0.15) is 0 Å². The molecule has 6 nitrogen and oxygen atoms in total. The van der Waals surface area contributed by atoms with Crippen LogP contribution in [0.15, 0.2) is 53.4 Å². The third-order valence-electron chi connectivity index (χ3n) is 4.25. The van der Waals surface area contributed by atoms with Crippen molar-refractivity contribution < 1.29 is 23.9 Å². The molecule has 1 unspecified atom stereocenters. The number of hydrogen-bond acceptors (Lipinski definition) is 6. The second kappa shape index (κ2) is 9.15. The molecule has 2 aromatic rings. The summed E-state index contributed by atoms with van der Waals surface area (Å²) in [5.41, 5.74) is 1.73. The van der Waals surface area contributed by atoms with Gasteiger partial charge in [0, 0.05) is 5.02 Å². The summed E-state index contributed by atoms with van der Waals surface area (Å²) in [6.07, 6.45) is 1.61. The summed E-state index contributed by atoms with van der Waals surface area (Å²) >= 11 is 6.66. The van der Waals surface area contributed by atoms with E-state index in [0.29, 0.717) is 17.4 Å². The number of ether oxygens (including phenoxy) is 2. The number of carbonyl (C=O) groups excluding carboxylic acids is 3. The average Bonchev–Trinajstić information content (AvgIpc) is 3.00. The molecule has 0 saturated carbocycles.